The summed E-state index contributed by atoms with van der Waals surface area (Å²) in [4.78, 5) is 15.1. The number of amides is 1. The smallest absolute Gasteiger partial charge is 0.255 e. The van der Waals surface area contributed by atoms with Gasteiger partial charge in [0.2, 0.25) is 0 Å². The minimum atomic E-state index is -0.154. The van der Waals surface area contributed by atoms with Crippen LogP contribution < -0.4 is 10.1 Å². The van der Waals surface area contributed by atoms with Crippen LogP contribution in [0.5, 0.6) is 11.5 Å². The molecule has 1 amide bonds. The first-order valence-electron chi connectivity index (χ1n) is 10.3. The van der Waals surface area contributed by atoms with Crippen molar-refractivity contribution >= 4 is 5.91 Å². The first-order chi connectivity index (χ1) is 14.8. The maximum Gasteiger partial charge on any atom is 0.255 e. The normalized spacial score (nSPS) is 14.3. The minimum Gasteiger partial charge on any atom is -0.457 e. The largest absolute Gasteiger partial charge is 0.457 e. The van der Waals surface area contributed by atoms with Gasteiger partial charge in [0.15, 0.2) is 0 Å². The Morgan fingerprint density at radius 1 is 0.867 bits per heavy atom. The summed E-state index contributed by atoms with van der Waals surface area (Å²) in [7, 11) is 0. The van der Waals surface area contributed by atoms with E-state index in [1.165, 1.54) is 5.56 Å². The van der Waals surface area contributed by atoms with Gasteiger partial charge in [-0.1, -0.05) is 54.6 Å². The van der Waals surface area contributed by atoms with Crippen molar-refractivity contribution in [3.8, 4) is 11.5 Å². The molecule has 1 saturated heterocycles. The summed E-state index contributed by atoms with van der Waals surface area (Å²) in [5.41, 5.74) is 2.86. The highest BCUT2D eigenvalue weighted by Gasteiger charge is 2.13. The molecule has 1 aliphatic rings. The fourth-order valence-corrected chi connectivity index (χ4v) is 3.42. The van der Waals surface area contributed by atoms with E-state index in [0.717, 1.165) is 38.4 Å². The molecule has 3 aromatic rings. The number of hydrogen-bond donors (Lipinski definition) is 1. The van der Waals surface area contributed by atoms with Crippen molar-refractivity contribution < 1.29 is 14.3 Å². The van der Waals surface area contributed by atoms with E-state index in [9.17, 15) is 4.79 Å². The number of morpholine rings is 1. The SMILES string of the molecule is O=C(NCc1ccc(CN2CCOCC2)cc1)c1ccccc1Oc1ccccc1. The number of carbonyl (C=O) groups is 1. The average Bonchev–Trinajstić information content (AvgIpc) is 2.80. The first-order valence-corrected chi connectivity index (χ1v) is 10.3. The molecule has 1 heterocycles. The van der Waals surface area contributed by atoms with Crippen LogP contribution in [0.25, 0.3) is 0 Å². The van der Waals surface area contributed by atoms with Gasteiger partial charge in [0.1, 0.15) is 11.5 Å². The fraction of sp³-hybridized carbons (Fsp3) is 0.240. The van der Waals surface area contributed by atoms with Crippen molar-refractivity contribution in [2.24, 2.45) is 0 Å². The summed E-state index contributed by atoms with van der Waals surface area (Å²) < 4.78 is 11.3. The third-order valence-corrected chi connectivity index (χ3v) is 5.09. The second-order valence-corrected chi connectivity index (χ2v) is 7.30. The van der Waals surface area contributed by atoms with Gasteiger partial charge in [-0.05, 0) is 35.4 Å². The lowest BCUT2D eigenvalue weighted by Crippen LogP contribution is -2.35. The molecule has 4 rings (SSSR count). The number of nitrogens with zero attached hydrogens (tertiary/aromatic N) is 1. The van der Waals surface area contributed by atoms with Gasteiger partial charge < -0.3 is 14.8 Å². The van der Waals surface area contributed by atoms with E-state index < -0.39 is 0 Å². The molecule has 0 saturated carbocycles. The van der Waals surface area contributed by atoms with Crippen molar-refractivity contribution in [3.63, 3.8) is 0 Å². The molecule has 1 aliphatic heterocycles. The summed E-state index contributed by atoms with van der Waals surface area (Å²) >= 11 is 0. The predicted octanol–water partition coefficient (Wildman–Crippen LogP) is 4.24. The molecular formula is C25H26N2O3. The van der Waals surface area contributed by atoms with E-state index in [4.69, 9.17) is 9.47 Å². The number of hydrogen-bond acceptors (Lipinski definition) is 4. The predicted molar refractivity (Wildman–Crippen MR) is 117 cm³/mol. The first kappa shape index (κ1) is 20.1. The minimum absolute atomic E-state index is 0.154. The van der Waals surface area contributed by atoms with Crippen LogP contribution in [0.2, 0.25) is 0 Å². The number of rotatable bonds is 7. The van der Waals surface area contributed by atoms with Gasteiger partial charge in [-0.25, -0.2) is 0 Å². The molecule has 0 aromatic heterocycles. The molecule has 30 heavy (non-hydrogen) atoms. The zero-order chi connectivity index (χ0) is 20.6. The lowest BCUT2D eigenvalue weighted by molar-refractivity contribution is 0.0342. The number of carbonyl (C=O) groups excluding carboxylic acids is 1. The molecule has 0 aliphatic carbocycles. The van der Waals surface area contributed by atoms with Crippen molar-refractivity contribution in [3.05, 3.63) is 95.6 Å². The standard InChI is InChI=1S/C25H26N2O3/c28-25(23-8-4-5-9-24(23)30-22-6-2-1-3-7-22)26-18-20-10-12-21(13-11-20)19-27-14-16-29-17-15-27/h1-13H,14-19H2,(H,26,28). The monoisotopic (exact) mass is 402 g/mol. The van der Waals surface area contributed by atoms with E-state index in [2.05, 4.69) is 34.5 Å². The quantitative estimate of drug-likeness (QED) is 0.642. The van der Waals surface area contributed by atoms with Crippen LogP contribution in [0.3, 0.4) is 0 Å². The van der Waals surface area contributed by atoms with E-state index in [0.29, 0.717) is 23.6 Å². The van der Waals surface area contributed by atoms with Gasteiger partial charge in [-0.2, -0.15) is 0 Å². The van der Waals surface area contributed by atoms with Crippen LogP contribution in [0.1, 0.15) is 21.5 Å². The maximum absolute atomic E-state index is 12.7. The Bertz CT molecular complexity index is 952. The molecular weight excluding hydrogens is 376 g/mol. The third-order valence-electron chi connectivity index (χ3n) is 5.09. The van der Waals surface area contributed by atoms with Gasteiger partial charge in [-0.3, -0.25) is 9.69 Å². The Hall–Kier alpha value is -3.15. The number of benzene rings is 3. The van der Waals surface area contributed by atoms with Gasteiger partial charge in [0.05, 0.1) is 18.8 Å². The van der Waals surface area contributed by atoms with E-state index in [-0.39, 0.29) is 5.91 Å². The Morgan fingerprint density at radius 3 is 2.30 bits per heavy atom. The summed E-state index contributed by atoms with van der Waals surface area (Å²) in [5, 5.41) is 3.00. The van der Waals surface area contributed by atoms with Crippen molar-refractivity contribution in [1.29, 1.82) is 0 Å². The van der Waals surface area contributed by atoms with Crippen LogP contribution in [0, 0.1) is 0 Å². The van der Waals surface area contributed by atoms with E-state index in [1.807, 2.05) is 48.5 Å². The van der Waals surface area contributed by atoms with Gasteiger partial charge in [0, 0.05) is 26.2 Å². The molecule has 1 N–H and O–H groups in total. The van der Waals surface area contributed by atoms with E-state index in [1.54, 1.807) is 6.07 Å². The van der Waals surface area contributed by atoms with Crippen LogP contribution in [0.15, 0.2) is 78.9 Å². The Balaban J connectivity index is 1.34. The van der Waals surface area contributed by atoms with Crippen molar-refractivity contribution in [2.75, 3.05) is 26.3 Å². The topological polar surface area (TPSA) is 50.8 Å². The fourth-order valence-electron chi connectivity index (χ4n) is 3.42. The Morgan fingerprint density at radius 2 is 1.53 bits per heavy atom. The highest BCUT2D eigenvalue weighted by atomic mass is 16.5. The highest BCUT2D eigenvalue weighted by Crippen LogP contribution is 2.25. The van der Waals surface area contributed by atoms with E-state index >= 15 is 0 Å². The molecule has 5 heteroatoms. The second-order valence-electron chi connectivity index (χ2n) is 7.30. The Labute approximate surface area is 177 Å². The highest BCUT2D eigenvalue weighted by molar-refractivity contribution is 5.96. The average molecular weight is 402 g/mol. The molecule has 3 aromatic carbocycles. The van der Waals surface area contributed by atoms with Crippen LogP contribution in [-0.4, -0.2) is 37.1 Å². The molecule has 5 nitrogen and oxygen atoms in total. The number of nitrogens with one attached hydrogen (secondary N) is 1. The summed E-state index contributed by atoms with van der Waals surface area (Å²) in [5.74, 6) is 1.09. The molecule has 0 radical (unpaired) electrons. The zero-order valence-corrected chi connectivity index (χ0v) is 16.9. The van der Waals surface area contributed by atoms with Gasteiger partial charge in [-0.15, -0.1) is 0 Å². The molecule has 0 bridgehead atoms. The van der Waals surface area contributed by atoms with Gasteiger partial charge in [0.25, 0.3) is 5.91 Å². The molecule has 1 fully saturated rings. The van der Waals surface area contributed by atoms with Crippen molar-refractivity contribution in [2.45, 2.75) is 13.1 Å². The summed E-state index contributed by atoms with van der Waals surface area (Å²) in [6.45, 7) is 4.96. The van der Waals surface area contributed by atoms with Crippen LogP contribution >= 0.6 is 0 Å². The van der Waals surface area contributed by atoms with Gasteiger partial charge >= 0.3 is 0 Å². The number of ether oxygens (including phenoxy) is 2. The lowest BCUT2D eigenvalue weighted by atomic mass is 10.1. The Kier molecular flexibility index (Phi) is 6.75. The van der Waals surface area contributed by atoms with Crippen LogP contribution in [0.4, 0.5) is 0 Å². The zero-order valence-electron chi connectivity index (χ0n) is 16.9. The molecule has 0 spiro atoms. The molecule has 0 atom stereocenters. The molecule has 154 valence electrons. The molecule has 0 unspecified atom stereocenters. The lowest BCUT2D eigenvalue weighted by Gasteiger charge is -2.26. The summed E-state index contributed by atoms with van der Waals surface area (Å²) in [6, 6.07) is 25.2. The number of para-hydroxylation sites is 2. The maximum atomic E-state index is 12.7. The summed E-state index contributed by atoms with van der Waals surface area (Å²) in [6.07, 6.45) is 0. The second kappa shape index (κ2) is 10.1. The van der Waals surface area contributed by atoms with Crippen molar-refractivity contribution in [1.82, 2.24) is 10.2 Å². The third kappa shape index (κ3) is 5.47. The van der Waals surface area contributed by atoms with Crippen LogP contribution in [-0.2, 0) is 17.8 Å².